The van der Waals surface area contributed by atoms with Crippen molar-refractivity contribution in [2.45, 2.75) is 38.1 Å². The average Bonchev–Trinajstić information content (AvgIpc) is 3.03. The first-order valence-electron chi connectivity index (χ1n) is 7.71. The maximum atomic E-state index is 9.37. The van der Waals surface area contributed by atoms with Crippen LogP contribution in [0.4, 0.5) is 0 Å². The summed E-state index contributed by atoms with van der Waals surface area (Å²) in [4.78, 5) is 0. The van der Waals surface area contributed by atoms with Gasteiger partial charge in [-0.1, -0.05) is 49.6 Å². The maximum Gasteiger partial charge on any atom is 0.0998 e. The standard InChI is InChI=1S/C19H20N2/c20-14-18(17-7-3-1-4-8-17)13-16-11-12-21(15-16)19-9-5-2-6-10-19/h1,3-4,7-8,11-13,15,19H,2,5-6,9-10H2/b18-13-. The Hall–Kier alpha value is -2.27. The van der Waals surface area contributed by atoms with Gasteiger partial charge in [0, 0.05) is 18.4 Å². The van der Waals surface area contributed by atoms with Crippen LogP contribution in [0.25, 0.3) is 11.6 Å². The molecule has 2 heteroatoms. The van der Waals surface area contributed by atoms with Gasteiger partial charge < -0.3 is 4.57 Å². The second-order valence-corrected chi connectivity index (χ2v) is 5.72. The summed E-state index contributed by atoms with van der Waals surface area (Å²) in [5.41, 5.74) is 2.81. The van der Waals surface area contributed by atoms with Crippen molar-refractivity contribution >= 4 is 11.6 Å². The molecule has 0 saturated heterocycles. The highest BCUT2D eigenvalue weighted by atomic mass is 15.0. The van der Waals surface area contributed by atoms with E-state index in [0.717, 1.165) is 16.7 Å². The molecular weight excluding hydrogens is 256 g/mol. The van der Waals surface area contributed by atoms with Gasteiger partial charge in [-0.05, 0) is 36.1 Å². The number of nitriles is 1. The molecule has 0 bridgehead atoms. The fourth-order valence-corrected chi connectivity index (χ4v) is 3.09. The molecule has 106 valence electrons. The van der Waals surface area contributed by atoms with Crippen molar-refractivity contribution in [3.63, 3.8) is 0 Å². The van der Waals surface area contributed by atoms with Crippen molar-refractivity contribution in [2.75, 3.05) is 0 Å². The molecule has 2 nitrogen and oxygen atoms in total. The summed E-state index contributed by atoms with van der Waals surface area (Å²) in [5.74, 6) is 0. The fraction of sp³-hybridized carbons (Fsp3) is 0.316. The molecule has 1 aromatic carbocycles. The molecule has 0 N–H and O–H groups in total. The minimum absolute atomic E-state index is 0.642. The van der Waals surface area contributed by atoms with Crippen LogP contribution in [-0.2, 0) is 0 Å². The lowest BCUT2D eigenvalue weighted by Gasteiger charge is -2.23. The zero-order valence-electron chi connectivity index (χ0n) is 12.2. The predicted octanol–water partition coefficient (Wildman–Crippen LogP) is 5.06. The lowest BCUT2D eigenvalue weighted by molar-refractivity contribution is 0.354. The Bertz CT molecular complexity index is 652. The van der Waals surface area contributed by atoms with Crippen LogP contribution in [0.15, 0.2) is 48.8 Å². The van der Waals surface area contributed by atoms with E-state index < -0.39 is 0 Å². The van der Waals surface area contributed by atoms with E-state index in [-0.39, 0.29) is 0 Å². The van der Waals surface area contributed by atoms with Crippen molar-refractivity contribution in [3.8, 4) is 6.07 Å². The van der Waals surface area contributed by atoms with Gasteiger partial charge in [-0.2, -0.15) is 5.26 Å². The minimum atomic E-state index is 0.642. The van der Waals surface area contributed by atoms with Crippen LogP contribution in [0.2, 0.25) is 0 Å². The fourth-order valence-electron chi connectivity index (χ4n) is 3.09. The number of hydrogen-bond donors (Lipinski definition) is 0. The number of benzene rings is 1. The van der Waals surface area contributed by atoms with Crippen LogP contribution in [0.3, 0.4) is 0 Å². The summed E-state index contributed by atoms with van der Waals surface area (Å²) in [6, 6.07) is 14.9. The second kappa shape index (κ2) is 6.45. The monoisotopic (exact) mass is 276 g/mol. The van der Waals surface area contributed by atoms with Crippen molar-refractivity contribution in [2.24, 2.45) is 0 Å². The van der Waals surface area contributed by atoms with Crippen LogP contribution in [0.1, 0.15) is 49.3 Å². The number of aromatic nitrogens is 1. The van der Waals surface area contributed by atoms with Gasteiger partial charge in [-0.3, -0.25) is 0 Å². The number of hydrogen-bond acceptors (Lipinski definition) is 1. The summed E-state index contributed by atoms with van der Waals surface area (Å²) in [7, 11) is 0. The molecule has 1 heterocycles. The van der Waals surface area contributed by atoms with E-state index in [0.29, 0.717) is 6.04 Å². The maximum absolute atomic E-state index is 9.37. The Morgan fingerprint density at radius 2 is 1.86 bits per heavy atom. The van der Waals surface area contributed by atoms with E-state index in [9.17, 15) is 5.26 Å². The van der Waals surface area contributed by atoms with E-state index in [4.69, 9.17) is 0 Å². The normalized spacial score (nSPS) is 16.6. The largest absolute Gasteiger partial charge is 0.351 e. The van der Waals surface area contributed by atoms with Gasteiger partial charge >= 0.3 is 0 Å². The molecular formula is C19H20N2. The van der Waals surface area contributed by atoms with Crippen LogP contribution in [0, 0.1) is 11.3 Å². The Balaban J connectivity index is 1.82. The van der Waals surface area contributed by atoms with Gasteiger partial charge in [-0.25, -0.2) is 0 Å². The molecule has 0 unspecified atom stereocenters. The van der Waals surface area contributed by atoms with Crippen molar-refractivity contribution < 1.29 is 0 Å². The Labute approximate surface area is 126 Å². The lowest BCUT2D eigenvalue weighted by Crippen LogP contribution is -2.10. The molecule has 0 radical (unpaired) electrons. The summed E-state index contributed by atoms with van der Waals surface area (Å²) in [6.07, 6.45) is 12.9. The molecule has 3 rings (SSSR count). The first kappa shape index (κ1) is 13.7. The van der Waals surface area contributed by atoms with Crippen LogP contribution in [0.5, 0.6) is 0 Å². The van der Waals surface area contributed by atoms with Gasteiger partial charge in [0.2, 0.25) is 0 Å². The van der Waals surface area contributed by atoms with E-state index in [1.54, 1.807) is 0 Å². The predicted molar refractivity (Wildman–Crippen MR) is 86.5 cm³/mol. The Kier molecular flexibility index (Phi) is 4.21. The second-order valence-electron chi connectivity index (χ2n) is 5.72. The molecule has 1 aliphatic carbocycles. The summed E-state index contributed by atoms with van der Waals surface area (Å²) in [6.45, 7) is 0. The third kappa shape index (κ3) is 3.25. The van der Waals surface area contributed by atoms with E-state index in [1.807, 2.05) is 36.4 Å². The minimum Gasteiger partial charge on any atom is -0.351 e. The number of nitrogens with zero attached hydrogens (tertiary/aromatic N) is 2. The molecule has 0 atom stereocenters. The van der Waals surface area contributed by atoms with E-state index in [1.165, 1.54) is 32.1 Å². The molecule has 0 amide bonds. The van der Waals surface area contributed by atoms with E-state index in [2.05, 4.69) is 29.1 Å². The molecule has 0 spiro atoms. The van der Waals surface area contributed by atoms with Gasteiger partial charge in [0.1, 0.15) is 0 Å². The van der Waals surface area contributed by atoms with Gasteiger partial charge in [0.15, 0.2) is 0 Å². The summed E-state index contributed by atoms with van der Waals surface area (Å²) < 4.78 is 2.32. The SMILES string of the molecule is N#C/C(=C/c1ccn(C2CCCCC2)c1)c1ccccc1. The van der Waals surface area contributed by atoms with Gasteiger partial charge in [0.05, 0.1) is 11.6 Å². The van der Waals surface area contributed by atoms with E-state index >= 15 is 0 Å². The lowest BCUT2D eigenvalue weighted by atomic mass is 9.95. The Morgan fingerprint density at radius 3 is 2.57 bits per heavy atom. The average molecular weight is 276 g/mol. The van der Waals surface area contributed by atoms with Crippen LogP contribution in [-0.4, -0.2) is 4.57 Å². The molecule has 2 aromatic rings. The van der Waals surface area contributed by atoms with Gasteiger partial charge in [-0.15, -0.1) is 0 Å². The first-order valence-corrected chi connectivity index (χ1v) is 7.71. The Morgan fingerprint density at radius 1 is 1.10 bits per heavy atom. The third-order valence-electron chi connectivity index (χ3n) is 4.25. The first-order chi connectivity index (χ1) is 10.4. The number of allylic oxidation sites excluding steroid dienone is 1. The topological polar surface area (TPSA) is 28.7 Å². The van der Waals surface area contributed by atoms with Crippen molar-refractivity contribution in [3.05, 3.63) is 59.9 Å². The van der Waals surface area contributed by atoms with Crippen molar-refractivity contribution in [1.82, 2.24) is 4.57 Å². The molecule has 1 saturated carbocycles. The summed E-state index contributed by atoms with van der Waals surface area (Å²) in [5, 5.41) is 9.37. The highest BCUT2D eigenvalue weighted by Crippen LogP contribution is 2.29. The smallest absolute Gasteiger partial charge is 0.0998 e. The van der Waals surface area contributed by atoms with Crippen LogP contribution < -0.4 is 0 Å². The zero-order chi connectivity index (χ0) is 14.5. The molecule has 21 heavy (non-hydrogen) atoms. The quantitative estimate of drug-likeness (QED) is 0.720. The van der Waals surface area contributed by atoms with Crippen LogP contribution >= 0.6 is 0 Å². The number of rotatable bonds is 3. The van der Waals surface area contributed by atoms with Crippen molar-refractivity contribution in [1.29, 1.82) is 5.26 Å². The zero-order valence-corrected chi connectivity index (χ0v) is 12.2. The third-order valence-corrected chi connectivity index (χ3v) is 4.25. The molecule has 1 aromatic heterocycles. The highest BCUT2D eigenvalue weighted by Gasteiger charge is 2.14. The molecule has 1 aliphatic rings. The highest BCUT2D eigenvalue weighted by molar-refractivity contribution is 5.89. The van der Waals surface area contributed by atoms with Gasteiger partial charge in [0.25, 0.3) is 0 Å². The summed E-state index contributed by atoms with van der Waals surface area (Å²) >= 11 is 0. The molecule has 1 fully saturated rings. The molecule has 0 aliphatic heterocycles.